The number of benzene rings is 1. The second kappa shape index (κ2) is 6.41. The zero-order valence-electron chi connectivity index (χ0n) is 11.5. The topological polar surface area (TPSA) is 75.6 Å². The van der Waals surface area contributed by atoms with E-state index in [1.165, 1.54) is 30.9 Å². The van der Waals surface area contributed by atoms with Crippen LogP contribution < -0.4 is 10.1 Å². The fraction of sp³-hybridized carbons (Fsp3) is 0.467. The Balaban J connectivity index is 1.98. The maximum atomic E-state index is 11.0. The Labute approximate surface area is 117 Å². The summed E-state index contributed by atoms with van der Waals surface area (Å²) in [6.07, 6.45) is 4.54. The van der Waals surface area contributed by atoms with Crippen LogP contribution in [0, 0.1) is 0 Å². The third-order valence-electron chi connectivity index (χ3n) is 3.41. The Morgan fingerprint density at radius 2 is 2.00 bits per heavy atom. The van der Waals surface area contributed by atoms with Gasteiger partial charge in [0.05, 0.1) is 0 Å². The highest BCUT2D eigenvalue weighted by molar-refractivity contribution is 5.82. The molecule has 0 saturated heterocycles. The van der Waals surface area contributed by atoms with Gasteiger partial charge in [-0.05, 0) is 48.9 Å². The van der Waals surface area contributed by atoms with E-state index in [4.69, 9.17) is 9.84 Å². The van der Waals surface area contributed by atoms with Crippen LogP contribution in [0.4, 0.5) is 0 Å². The van der Waals surface area contributed by atoms with Crippen molar-refractivity contribution in [1.82, 2.24) is 5.32 Å². The van der Waals surface area contributed by atoms with E-state index in [0.29, 0.717) is 5.75 Å². The molecular formula is C15H19NO4. The van der Waals surface area contributed by atoms with Crippen molar-refractivity contribution in [3.8, 4) is 5.75 Å². The molecule has 0 heterocycles. The van der Waals surface area contributed by atoms with Crippen molar-refractivity contribution < 1.29 is 19.4 Å². The quantitative estimate of drug-likeness (QED) is 0.856. The summed E-state index contributed by atoms with van der Waals surface area (Å²) < 4.78 is 5.50. The number of hydrogen-bond acceptors (Lipinski definition) is 3. The number of rotatable bonds is 5. The molecule has 1 atom stereocenters. The van der Waals surface area contributed by atoms with Gasteiger partial charge in [0.1, 0.15) is 12.4 Å². The maximum absolute atomic E-state index is 11.0. The van der Waals surface area contributed by atoms with E-state index in [1.54, 1.807) is 0 Å². The number of amides is 1. The van der Waals surface area contributed by atoms with Crippen LogP contribution in [0.15, 0.2) is 18.2 Å². The van der Waals surface area contributed by atoms with Crippen molar-refractivity contribution in [1.29, 1.82) is 0 Å². The summed E-state index contributed by atoms with van der Waals surface area (Å²) >= 11 is 0. The number of aliphatic carboxylic acids is 1. The first kappa shape index (κ1) is 14.4. The summed E-state index contributed by atoms with van der Waals surface area (Å²) in [4.78, 5) is 21.9. The summed E-state index contributed by atoms with van der Waals surface area (Å²) in [6.45, 7) is 1.21. The summed E-state index contributed by atoms with van der Waals surface area (Å²) in [5.41, 5.74) is 2.63. The second-order valence-corrected chi connectivity index (χ2v) is 5.04. The van der Waals surface area contributed by atoms with Crippen LogP contribution in [0.5, 0.6) is 5.75 Å². The van der Waals surface area contributed by atoms with Crippen molar-refractivity contribution in [2.75, 3.05) is 6.61 Å². The molecule has 0 spiro atoms. The SMILES string of the molecule is CC(=O)NC(COc1ccc2c(c1)CCCC2)C(=O)O. The Morgan fingerprint density at radius 3 is 2.65 bits per heavy atom. The van der Waals surface area contributed by atoms with Crippen molar-refractivity contribution in [2.45, 2.75) is 38.6 Å². The van der Waals surface area contributed by atoms with Crippen LogP contribution in [-0.2, 0) is 22.4 Å². The predicted molar refractivity (Wildman–Crippen MR) is 73.8 cm³/mol. The minimum atomic E-state index is -1.10. The minimum absolute atomic E-state index is 0.0757. The van der Waals surface area contributed by atoms with Crippen LogP contribution in [0.2, 0.25) is 0 Å². The van der Waals surface area contributed by atoms with Crippen LogP contribution >= 0.6 is 0 Å². The molecule has 0 aromatic heterocycles. The van der Waals surface area contributed by atoms with Crippen LogP contribution in [0.1, 0.15) is 30.9 Å². The van der Waals surface area contributed by atoms with Gasteiger partial charge in [0, 0.05) is 6.92 Å². The number of carbonyl (C=O) groups is 2. The molecule has 1 aliphatic carbocycles. The molecule has 1 amide bonds. The molecule has 1 aliphatic rings. The summed E-state index contributed by atoms with van der Waals surface area (Å²) in [7, 11) is 0. The lowest BCUT2D eigenvalue weighted by Gasteiger charge is -2.18. The number of carbonyl (C=O) groups excluding carboxylic acids is 1. The lowest BCUT2D eigenvalue weighted by molar-refractivity contribution is -0.142. The highest BCUT2D eigenvalue weighted by atomic mass is 16.5. The minimum Gasteiger partial charge on any atom is -0.491 e. The Hall–Kier alpha value is -2.04. The number of carboxylic acid groups (broad SMARTS) is 1. The molecular weight excluding hydrogens is 258 g/mol. The first-order valence-electron chi connectivity index (χ1n) is 6.81. The van der Waals surface area contributed by atoms with Crippen molar-refractivity contribution in [3.63, 3.8) is 0 Å². The monoisotopic (exact) mass is 277 g/mol. The van der Waals surface area contributed by atoms with Crippen LogP contribution in [-0.4, -0.2) is 29.6 Å². The number of hydrogen-bond donors (Lipinski definition) is 2. The van der Waals surface area contributed by atoms with E-state index in [1.807, 2.05) is 18.2 Å². The Bertz CT molecular complexity index is 513. The van der Waals surface area contributed by atoms with Crippen molar-refractivity contribution >= 4 is 11.9 Å². The molecule has 1 aromatic carbocycles. The second-order valence-electron chi connectivity index (χ2n) is 5.04. The largest absolute Gasteiger partial charge is 0.491 e. The molecule has 0 bridgehead atoms. The normalized spacial score (nSPS) is 15.1. The van der Waals surface area contributed by atoms with E-state index in [-0.39, 0.29) is 12.5 Å². The maximum Gasteiger partial charge on any atom is 0.329 e. The highest BCUT2D eigenvalue weighted by Crippen LogP contribution is 2.25. The molecule has 20 heavy (non-hydrogen) atoms. The molecule has 0 aliphatic heterocycles. The van der Waals surface area contributed by atoms with Gasteiger partial charge in [-0.3, -0.25) is 4.79 Å². The summed E-state index contributed by atoms with van der Waals surface area (Å²) in [5, 5.41) is 11.3. The molecule has 0 radical (unpaired) electrons. The molecule has 0 saturated carbocycles. The zero-order chi connectivity index (χ0) is 14.5. The number of fused-ring (bicyclic) bond motifs is 1. The average Bonchev–Trinajstić information content (AvgIpc) is 2.42. The standard InChI is InChI=1S/C15H19NO4/c1-10(17)16-14(15(18)19)9-20-13-7-6-11-4-2-3-5-12(11)8-13/h6-8,14H,2-5,9H2,1H3,(H,16,17)(H,18,19). The van der Waals surface area contributed by atoms with Crippen molar-refractivity contribution in [3.05, 3.63) is 29.3 Å². The predicted octanol–water partition coefficient (Wildman–Crippen LogP) is 1.53. The molecule has 0 fully saturated rings. The van der Waals surface area contributed by atoms with Gasteiger partial charge in [-0.15, -0.1) is 0 Å². The fourth-order valence-corrected chi connectivity index (χ4v) is 2.40. The molecule has 5 heteroatoms. The van der Waals surface area contributed by atoms with E-state index in [2.05, 4.69) is 5.32 Å². The third kappa shape index (κ3) is 3.73. The first-order valence-corrected chi connectivity index (χ1v) is 6.81. The van der Waals surface area contributed by atoms with Crippen LogP contribution in [0.3, 0.4) is 0 Å². The van der Waals surface area contributed by atoms with Gasteiger partial charge in [-0.25, -0.2) is 4.79 Å². The molecule has 2 N–H and O–H groups in total. The average molecular weight is 277 g/mol. The van der Waals surface area contributed by atoms with E-state index in [9.17, 15) is 9.59 Å². The Kier molecular flexibility index (Phi) is 4.61. The first-order chi connectivity index (χ1) is 9.56. The lowest BCUT2D eigenvalue weighted by atomic mass is 9.92. The van der Waals surface area contributed by atoms with E-state index >= 15 is 0 Å². The number of nitrogens with one attached hydrogen (secondary N) is 1. The van der Waals surface area contributed by atoms with Gasteiger partial charge in [-0.1, -0.05) is 6.07 Å². The molecule has 2 rings (SSSR count). The fourth-order valence-electron chi connectivity index (χ4n) is 2.40. The lowest BCUT2D eigenvalue weighted by Crippen LogP contribution is -2.43. The summed E-state index contributed by atoms with van der Waals surface area (Å²) in [5.74, 6) is -0.827. The van der Waals surface area contributed by atoms with Gasteiger partial charge in [-0.2, -0.15) is 0 Å². The van der Waals surface area contributed by atoms with E-state index < -0.39 is 12.0 Å². The van der Waals surface area contributed by atoms with E-state index in [0.717, 1.165) is 12.8 Å². The third-order valence-corrected chi connectivity index (χ3v) is 3.41. The number of carboxylic acids is 1. The zero-order valence-corrected chi connectivity index (χ0v) is 11.5. The highest BCUT2D eigenvalue weighted by Gasteiger charge is 2.19. The van der Waals surface area contributed by atoms with Gasteiger partial charge in [0.2, 0.25) is 5.91 Å². The molecule has 5 nitrogen and oxygen atoms in total. The molecule has 1 unspecified atom stereocenters. The van der Waals surface area contributed by atoms with Gasteiger partial charge < -0.3 is 15.2 Å². The van der Waals surface area contributed by atoms with Gasteiger partial charge in [0.25, 0.3) is 0 Å². The molecule has 108 valence electrons. The smallest absolute Gasteiger partial charge is 0.329 e. The Morgan fingerprint density at radius 1 is 1.30 bits per heavy atom. The molecule has 1 aromatic rings. The van der Waals surface area contributed by atoms with Gasteiger partial charge >= 0.3 is 5.97 Å². The number of ether oxygens (including phenoxy) is 1. The van der Waals surface area contributed by atoms with Crippen molar-refractivity contribution in [2.24, 2.45) is 0 Å². The van der Waals surface area contributed by atoms with Gasteiger partial charge in [0.15, 0.2) is 6.04 Å². The number of aryl methyl sites for hydroxylation is 2. The summed E-state index contributed by atoms with van der Waals surface area (Å²) in [6, 6.07) is 4.85. The van der Waals surface area contributed by atoms with Crippen LogP contribution in [0.25, 0.3) is 0 Å².